The van der Waals surface area contributed by atoms with E-state index in [9.17, 15) is 18.0 Å². The summed E-state index contributed by atoms with van der Waals surface area (Å²) in [7, 11) is -3.56. The van der Waals surface area contributed by atoms with Gasteiger partial charge in [0.25, 0.3) is 0 Å². The van der Waals surface area contributed by atoms with Crippen LogP contribution in [0.3, 0.4) is 0 Å². The molecule has 0 saturated heterocycles. The number of nitrogens with zero attached hydrogens (tertiary/aromatic N) is 2. The summed E-state index contributed by atoms with van der Waals surface area (Å²) in [4.78, 5) is 29.3. The number of hydrogen-bond acceptors (Lipinski definition) is 4. The lowest BCUT2D eigenvalue weighted by Crippen LogP contribution is -2.52. The van der Waals surface area contributed by atoms with Gasteiger partial charge in [0.05, 0.1) is 11.9 Å². The van der Waals surface area contributed by atoms with Gasteiger partial charge in [-0.1, -0.05) is 79.7 Å². The van der Waals surface area contributed by atoms with Crippen LogP contribution in [0, 0.1) is 13.8 Å². The van der Waals surface area contributed by atoms with Crippen molar-refractivity contribution in [3.05, 3.63) is 101 Å². The van der Waals surface area contributed by atoms with Crippen molar-refractivity contribution in [1.29, 1.82) is 0 Å². The molecule has 7 nitrogen and oxygen atoms in total. The van der Waals surface area contributed by atoms with Crippen molar-refractivity contribution in [2.75, 3.05) is 17.1 Å². The first-order valence-corrected chi connectivity index (χ1v) is 16.1. The number of carbonyl (C=O) groups is 2. The maximum atomic E-state index is 14.0. The molecule has 0 fully saturated rings. The molecule has 1 N–H and O–H groups in total. The van der Waals surface area contributed by atoms with Crippen molar-refractivity contribution in [3.63, 3.8) is 0 Å². The number of carbonyl (C=O) groups excluding carboxylic acids is 2. The van der Waals surface area contributed by atoms with E-state index in [1.54, 1.807) is 17.0 Å². The molecular formula is C33H43N3O4S. The maximum absolute atomic E-state index is 14.0. The van der Waals surface area contributed by atoms with Gasteiger partial charge >= 0.3 is 0 Å². The van der Waals surface area contributed by atoms with E-state index in [1.165, 1.54) is 10.6 Å². The van der Waals surface area contributed by atoms with Gasteiger partial charge in [0.1, 0.15) is 6.04 Å². The largest absolute Gasteiger partial charge is 0.352 e. The minimum absolute atomic E-state index is 0.0337. The predicted molar refractivity (Wildman–Crippen MR) is 166 cm³/mol. The molecule has 0 spiro atoms. The quantitative estimate of drug-likeness (QED) is 0.278. The van der Waals surface area contributed by atoms with Crippen LogP contribution in [0.25, 0.3) is 0 Å². The summed E-state index contributed by atoms with van der Waals surface area (Å²) < 4.78 is 26.7. The predicted octanol–water partition coefficient (Wildman–Crippen LogP) is 5.40. The normalized spacial score (nSPS) is 12.8. The smallest absolute Gasteiger partial charge is 0.243 e. The number of para-hydroxylation sites is 1. The van der Waals surface area contributed by atoms with Crippen LogP contribution in [0.1, 0.15) is 55.4 Å². The Hall–Kier alpha value is -3.65. The Balaban J connectivity index is 1.91. The molecule has 3 aromatic rings. The van der Waals surface area contributed by atoms with E-state index in [0.29, 0.717) is 18.5 Å². The van der Waals surface area contributed by atoms with E-state index in [2.05, 4.69) is 5.32 Å². The molecule has 0 bridgehead atoms. The van der Waals surface area contributed by atoms with Crippen LogP contribution in [0.5, 0.6) is 0 Å². The van der Waals surface area contributed by atoms with Crippen molar-refractivity contribution < 1.29 is 18.0 Å². The monoisotopic (exact) mass is 577 g/mol. The molecule has 2 amide bonds. The second kappa shape index (κ2) is 14.8. The van der Waals surface area contributed by atoms with E-state index in [4.69, 9.17) is 0 Å². The van der Waals surface area contributed by atoms with Gasteiger partial charge in [-0.05, 0) is 61.9 Å². The number of aryl methyl sites for hydroxylation is 2. The van der Waals surface area contributed by atoms with Gasteiger partial charge in [0.15, 0.2) is 0 Å². The van der Waals surface area contributed by atoms with Crippen molar-refractivity contribution in [3.8, 4) is 0 Å². The van der Waals surface area contributed by atoms with Gasteiger partial charge in [-0.15, -0.1) is 0 Å². The molecule has 0 heterocycles. The van der Waals surface area contributed by atoms with Gasteiger partial charge < -0.3 is 10.2 Å². The van der Waals surface area contributed by atoms with Crippen LogP contribution in [-0.2, 0) is 32.6 Å². The van der Waals surface area contributed by atoms with Gasteiger partial charge in [-0.25, -0.2) is 8.42 Å². The van der Waals surface area contributed by atoms with E-state index < -0.39 is 16.1 Å². The summed E-state index contributed by atoms with van der Waals surface area (Å²) in [5.74, 6) is -0.380. The molecule has 0 aliphatic heterocycles. The van der Waals surface area contributed by atoms with Crippen molar-refractivity contribution in [1.82, 2.24) is 10.2 Å². The first-order chi connectivity index (χ1) is 19.5. The van der Waals surface area contributed by atoms with Gasteiger partial charge in [-0.3, -0.25) is 13.9 Å². The number of sulfonamides is 1. The topological polar surface area (TPSA) is 86.8 Å². The molecule has 2 atom stereocenters. The number of rotatable bonds is 14. The Bertz CT molecular complexity index is 1410. The fraction of sp³-hybridized carbons (Fsp3) is 0.394. The number of hydrogen-bond donors (Lipinski definition) is 1. The van der Waals surface area contributed by atoms with Crippen LogP contribution >= 0.6 is 0 Å². The SMILES string of the molecule is CCC(C)NC(=O)C(Cc1ccccc1)N(Cc1ccccc1C)C(=O)CCCN(c1ccccc1C)S(C)(=O)=O. The lowest BCUT2D eigenvalue weighted by atomic mass is 10.0. The fourth-order valence-electron chi connectivity index (χ4n) is 4.79. The lowest BCUT2D eigenvalue weighted by molar-refractivity contribution is -0.141. The number of amides is 2. The van der Waals surface area contributed by atoms with E-state index in [-0.39, 0.29) is 37.4 Å². The second-order valence-corrected chi connectivity index (χ2v) is 12.6. The number of benzene rings is 3. The third-order valence-electron chi connectivity index (χ3n) is 7.41. The van der Waals surface area contributed by atoms with Crippen LogP contribution < -0.4 is 9.62 Å². The highest BCUT2D eigenvalue weighted by atomic mass is 32.2. The zero-order valence-electron chi connectivity index (χ0n) is 24.8. The highest BCUT2D eigenvalue weighted by Crippen LogP contribution is 2.23. The fourth-order valence-corrected chi connectivity index (χ4v) is 5.81. The molecular weight excluding hydrogens is 534 g/mol. The van der Waals surface area contributed by atoms with Crippen molar-refractivity contribution >= 4 is 27.5 Å². The van der Waals surface area contributed by atoms with Crippen LogP contribution in [0.2, 0.25) is 0 Å². The Morgan fingerprint density at radius 1 is 0.878 bits per heavy atom. The number of nitrogens with one attached hydrogen (secondary N) is 1. The van der Waals surface area contributed by atoms with Crippen LogP contribution in [0.15, 0.2) is 78.9 Å². The zero-order chi connectivity index (χ0) is 30.0. The molecule has 3 rings (SSSR count). The van der Waals surface area contributed by atoms with E-state index >= 15 is 0 Å². The molecule has 2 unspecified atom stereocenters. The molecule has 0 aromatic heterocycles. The number of anilines is 1. The molecule has 0 aliphatic rings. The molecule has 8 heteroatoms. The van der Waals surface area contributed by atoms with Gasteiger partial charge in [0, 0.05) is 32.0 Å². The van der Waals surface area contributed by atoms with Gasteiger partial charge in [0.2, 0.25) is 21.8 Å². The molecule has 0 saturated carbocycles. The van der Waals surface area contributed by atoms with Gasteiger partial charge in [-0.2, -0.15) is 0 Å². The highest BCUT2D eigenvalue weighted by molar-refractivity contribution is 7.92. The van der Waals surface area contributed by atoms with Crippen molar-refractivity contribution in [2.24, 2.45) is 0 Å². The Morgan fingerprint density at radius 3 is 2.10 bits per heavy atom. The molecule has 3 aromatic carbocycles. The third-order valence-corrected chi connectivity index (χ3v) is 8.59. The maximum Gasteiger partial charge on any atom is 0.243 e. The van der Waals surface area contributed by atoms with E-state index in [1.807, 2.05) is 94.4 Å². The summed E-state index contributed by atoms with van der Waals surface area (Å²) in [6.07, 6.45) is 2.75. The average molecular weight is 578 g/mol. The minimum Gasteiger partial charge on any atom is -0.352 e. The second-order valence-electron chi connectivity index (χ2n) is 10.7. The summed E-state index contributed by atoms with van der Waals surface area (Å²) in [6.45, 7) is 8.27. The Kier molecular flexibility index (Phi) is 11.5. The summed E-state index contributed by atoms with van der Waals surface area (Å²) in [6, 6.07) is 24.1. The Labute approximate surface area is 245 Å². The first kappa shape index (κ1) is 31.9. The third kappa shape index (κ3) is 9.18. The zero-order valence-corrected chi connectivity index (χ0v) is 25.7. The lowest BCUT2D eigenvalue weighted by Gasteiger charge is -2.33. The standard InChI is InChI=1S/C33H43N3O4S/c1-6-27(4)34-33(38)31(23-28-17-8-7-9-18-28)35(24-29-19-12-10-15-25(29)2)32(37)21-14-22-36(41(5,39)40)30-20-13-11-16-26(30)3/h7-13,15-20,27,31H,6,14,21-24H2,1-5H3,(H,34,38). The summed E-state index contributed by atoms with van der Waals surface area (Å²) >= 11 is 0. The average Bonchev–Trinajstić information content (AvgIpc) is 2.94. The minimum atomic E-state index is -3.56. The van der Waals surface area contributed by atoms with Crippen LogP contribution in [0.4, 0.5) is 5.69 Å². The summed E-state index contributed by atoms with van der Waals surface area (Å²) in [5, 5.41) is 3.09. The highest BCUT2D eigenvalue weighted by Gasteiger charge is 2.31. The van der Waals surface area contributed by atoms with E-state index in [0.717, 1.165) is 28.7 Å². The summed E-state index contributed by atoms with van der Waals surface area (Å²) in [5.41, 5.74) is 4.41. The molecule has 0 radical (unpaired) electrons. The first-order valence-electron chi connectivity index (χ1n) is 14.2. The molecule has 41 heavy (non-hydrogen) atoms. The molecule has 220 valence electrons. The Morgan fingerprint density at radius 2 is 1.49 bits per heavy atom. The molecule has 0 aliphatic carbocycles. The van der Waals surface area contributed by atoms with Crippen LogP contribution in [-0.4, -0.2) is 50.0 Å². The van der Waals surface area contributed by atoms with Crippen molar-refractivity contribution in [2.45, 2.75) is 72.0 Å².